The molecule has 9 nitrogen and oxygen atoms in total. The molecule has 0 aliphatic rings. The molecule has 0 radical (unpaired) electrons. The SMILES string of the molecule is O=C(CNC(=O)c1ccc(Br)cc1)N/N=C\c1ccc(O)c([N+](=O)[O-])c1. The monoisotopic (exact) mass is 420 g/mol. The Morgan fingerprint density at radius 2 is 1.92 bits per heavy atom. The molecule has 10 heteroatoms. The van der Waals surface area contributed by atoms with E-state index < -0.39 is 28.2 Å². The number of halogens is 1. The number of aromatic hydroxyl groups is 1. The zero-order chi connectivity index (χ0) is 19.1. The van der Waals surface area contributed by atoms with Gasteiger partial charge in [0, 0.05) is 21.7 Å². The topological polar surface area (TPSA) is 134 Å². The first kappa shape index (κ1) is 19.1. The first-order chi connectivity index (χ1) is 12.4. The van der Waals surface area contributed by atoms with Crippen LogP contribution in [0.2, 0.25) is 0 Å². The number of nitro benzene ring substituents is 1. The molecule has 3 N–H and O–H groups in total. The molecule has 0 bridgehead atoms. The Balaban J connectivity index is 1.85. The zero-order valence-electron chi connectivity index (χ0n) is 13.2. The second-order valence-corrected chi connectivity index (χ2v) is 5.90. The minimum Gasteiger partial charge on any atom is -0.502 e. The second kappa shape index (κ2) is 8.72. The maximum Gasteiger partial charge on any atom is 0.311 e. The number of carbonyl (C=O) groups is 2. The van der Waals surface area contributed by atoms with Gasteiger partial charge >= 0.3 is 5.69 Å². The third-order valence-electron chi connectivity index (χ3n) is 3.11. The zero-order valence-corrected chi connectivity index (χ0v) is 14.8. The fourth-order valence-corrected chi connectivity index (χ4v) is 2.11. The van der Waals surface area contributed by atoms with Gasteiger partial charge in [0.2, 0.25) is 0 Å². The van der Waals surface area contributed by atoms with Gasteiger partial charge in [0.25, 0.3) is 11.8 Å². The molecule has 0 saturated carbocycles. The molecule has 2 rings (SSSR count). The normalized spacial score (nSPS) is 10.5. The molecule has 0 unspecified atom stereocenters. The lowest BCUT2D eigenvalue weighted by Crippen LogP contribution is -2.34. The van der Waals surface area contributed by atoms with Crippen molar-refractivity contribution in [3.8, 4) is 5.75 Å². The summed E-state index contributed by atoms with van der Waals surface area (Å²) in [4.78, 5) is 33.5. The van der Waals surface area contributed by atoms with Crippen molar-refractivity contribution < 1.29 is 19.6 Å². The van der Waals surface area contributed by atoms with Crippen molar-refractivity contribution in [2.45, 2.75) is 0 Å². The number of hydrazone groups is 1. The van der Waals surface area contributed by atoms with E-state index in [0.29, 0.717) is 11.1 Å². The first-order valence-corrected chi connectivity index (χ1v) is 7.99. The van der Waals surface area contributed by atoms with E-state index in [9.17, 15) is 24.8 Å². The van der Waals surface area contributed by atoms with Gasteiger partial charge in [0.15, 0.2) is 5.75 Å². The van der Waals surface area contributed by atoms with Crippen molar-refractivity contribution in [2.75, 3.05) is 6.54 Å². The average molecular weight is 421 g/mol. The van der Waals surface area contributed by atoms with Crippen LogP contribution in [0.3, 0.4) is 0 Å². The van der Waals surface area contributed by atoms with E-state index >= 15 is 0 Å². The summed E-state index contributed by atoms with van der Waals surface area (Å²) in [6.45, 7) is -0.290. The van der Waals surface area contributed by atoms with Crippen molar-refractivity contribution in [1.29, 1.82) is 0 Å². The quantitative estimate of drug-likeness (QED) is 0.372. The summed E-state index contributed by atoms with van der Waals surface area (Å²) < 4.78 is 0.829. The summed E-state index contributed by atoms with van der Waals surface area (Å²) in [5, 5.41) is 26.2. The number of nitro groups is 1. The Labute approximate surface area is 156 Å². The molecule has 2 aromatic carbocycles. The van der Waals surface area contributed by atoms with Gasteiger partial charge in [-0.05, 0) is 36.4 Å². The molecule has 0 atom stereocenters. The summed E-state index contributed by atoms with van der Waals surface area (Å²) in [7, 11) is 0. The van der Waals surface area contributed by atoms with Crippen molar-refractivity contribution in [2.24, 2.45) is 5.10 Å². The summed E-state index contributed by atoms with van der Waals surface area (Å²) in [6, 6.07) is 10.3. The van der Waals surface area contributed by atoms with E-state index in [2.05, 4.69) is 31.8 Å². The number of benzene rings is 2. The Morgan fingerprint density at radius 3 is 2.58 bits per heavy atom. The number of hydrogen-bond acceptors (Lipinski definition) is 6. The molecule has 0 aliphatic heterocycles. The number of nitrogens with one attached hydrogen (secondary N) is 2. The molecule has 0 saturated heterocycles. The number of carbonyl (C=O) groups excluding carboxylic acids is 2. The van der Waals surface area contributed by atoms with Crippen LogP contribution in [-0.2, 0) is 4.79 Å². The lowest BCUT2D eigenvalue weighted by atomic mass is 10.2. The van der Waals surface area contributed by atoms with Crippen LogP contribution < -0.4 is 10.7 Å². The van der Waals surface area contributed by atoms with E-state index in [1.54, 1.807) is 24.3 Å². The van der Waals surface area contributed by atoms with Gasteiger partial charge in [-0.3, -0.25) is 19.7 Å². The molecule has 2 amide bonds. The Bertz CT molecular complexity index is 867. The van der Waals surface area contributed by atoms with Crippen molar-refractivity contribution in [3.05, 3.63) is 68.2 Å². The van der Waals surface area contributed by atoms with Crippen LogP contribution in [0.15, 0.2) is 52.0 Å². The fourth-order valence-electron chi connectivity index (χ4n) is 1.85. The Kier molecular flexibility index (Phi) is 6.39. The number of nitrogens with zero attached hydrogens (tertiary/aromatic N) is 2. The summed E-state index contributed by atoms with van der Waals surface area (Å²) in [5.74, 6) is -1.45. The van der Waals surface area contributed by atoms with Gasteiger partial charge in [-0.1, -0.05) is 15.9 Å². The number of rotatable bonds is 6. The summed E-state index contributed by atoms with van der Waals surface area (Å²) >= 11 is 3.26. The van der Waals surface area contributed by atoms with E-state index in [1.807, 2.05) is 0 Å². The van der Waals surface area contributed by atoms with Crippen LogP contribution in [0.1, 0.15) is 15.9 Å². The number of amides is 2. The predicted molar refractivity (Wildman–Crippen MR) is 97.0 cm³/mol. The first-order valence-electron chi connectivity index (χ1n) is 7.20. The standard InChI is InChI=1S/C16H13BrN4O5/c17-12-4-2-11(3-5-12)16(24)18-9-15(23)20-19-8-10-1-6-14(22)13(7-10)21(25)26/h1-8,22H,9H2,(H,18,24)(H,20,23)/b19-8-. The van der Waals surface area contributed by atoms with Gasteiger partial charge in [-0.15, -0.1) is 0 Å². The second-order valence-electron chi connectivity index (χ2n) is 4.99. The van der Waals surface area contributed by atoms with E-state index in [-0.39, 0.29) is 6.54 Å². The van der Waals surface area contributed by atoms with E-state index in [4.69, 9.17) is 0 Å². The summed E-state index contributed by atoms with van der Waals surface area (Å²) in [5.41, 5.74) is 2.43. The molecular weight excluding hydrogens is 408 g/mol. The van der Waals surface area contributed by atoms with Gasteiger partial charge in [-0.25, -0.2) is 5.43 Å². The minimum absolute atomic E-state index is 0.290. The Morgan fingerprint density at radius 1 is 1.23 bits per heavy atom. The molecule has 0 aliphatic carbocycles. The van der Waals surface area contributed by atoms with Gasteiger partial charge in [-0.2, -0.15) is 5.10 Å². The van der Waals surface area contributed by atoms with Crippen LogP contribution in [0.5, 0.6) is 5.75 Å². The predicted octanol–water partition coefficient (Wildman–Crippen LogP) is 1.94. The minimum atomic E-state index is -0.733. The van der Waals surface area contributed by atoms with E-state index in [0.717, 1.165) is 16.6 Å². The lowest BCUT2D eigenvalue weighted by molar-refractivity contribution is -0.385. The highest BCUT2D eigenvalue weighted by molar-refractivity contribution is 9.10. The van der Waals surface area contributed by atoms with Gasteiger partial charge in [0.05, 0.1) is 17.7 Å². The Hall–Kier alpha value is -3.27. The largest absolute Gasteiger partial charge is 0.502 e. The molecule has 26 heavy (non-hydrogen) atoms. The lowest BCUT2D eigenvalue weighted by Gasteiger charge is -2.04. The summed E-state index contributed by atoms with van der Waals surface area (Å²) in [6.07, 6.45) is 1.18. The molecular formula is C16H13BrN4O5. The number of hydrogen-bond donors (Lipinski definition) is 3. The molecule has 0 heterocycles. The maximum absolute atomic E-state index is 11.9. The van der Waals surface area contributed by atoms with Crippen LogP contribution >= 0.6 is 15.9 Å². The molecule has 2 aromatic rings. The average Bonchev–Trinajstić information content (AvgIpc) is 2.61. The third kappa shape index (κ3) is 5.38. The molecule has 0 aromatic heterocycles. The highest BCUT2D eigenvalue weighted by atomic mass is 79.9. The van der Waals surface area contributed by atoms with E-state index in [1.165, 1.54) is 12.3 Å². The van der Waals surface area contributed by atoms with Gasteiger partial charge in [0.1, 0.15) is 0 Å². The van der Waals surface area contributed by atoms with Crippen molar-refractivity contribution in [1.82, 2.24) is 10.7 Å². The van der Waals surface area contributed by atoms with Crippen LogP contribution in [0, 0.1) is 10.1 Å². The number of phenolic OH excluding ortho intramolecular Hbond substituents is 1. The molecule has 0 fully saturated rings. The smallest absolute Gasteiger partial charge is 0.311 e. The molecule has 0 spiro atoms. The maximum atomic E-state index is 11.9. The van der Waals surface area contributed by atoms with Crippen LogP contribution in [-0.4, -0.2) is 34.6 Å². The highest BCUT2D eigenvalue weighted by Gasteiger charge is 2.12. The van der Waals surface area contributed by atoms with Gasteiger partial charge < -0.3 is 10.4 Å². The van der Waals surface area contributed by atoms with Crippen LogP contribution in [0.4, 0.5) is 5.69 Å². The van der Waals surface area contributed by atoms with Crippen LogP contribution in [0.25, 0.3) is 0 Å². The highest BCUT2D eigenvalue weighted by Crippen LogP contribution is 2.25. The number of phenols is 1. The third-order valence-corrected chi connectivity index (χ3v) is 3.64. The molecule has 134 valence electrons. The van der Waals surface area contributed by atoms with Crippen molar-refractivity contribution >= 4 is 39.6 Å². The van der Waals surface area contributed by atoms with Crippen molar-refractivity contribution in [3.63, 3.8) is 0 Å². The fraction of sp³-hybridized carbons (Fsp3) is 0.0625.